The zero-order valence-corrected chi connectivity index (χ0v) is 15.1. The standard InChI is InChI=1S/C14H29O7P/c1-6-14(4,5)13(15)18-11-9-17-10-12-21-22(16,19-7-2)20-8-3/h6-12H2,1-5H3. The molecule has 0 rings (SSSR count). The predicted molar refractivity (Wildman–Crippen MR) is 82.7 cm³/mol. The molecule has 7 nitrogen and oxygen atoms in total. The lowest BCUT2D eigenvalue weighted by molar-refractivity contribution is -0.155. The van der Waals surface area contributed by atoms with Crippen LogP contribution in [0.5, 0.6) is 0 Å². The quantitative estimate of drug-likeness (QED) is 0.289. The zero-order valence-electron chi connectivity index (χ0n) is 14.3. The van der Waals surface area contributed by atoms with E-state index in [2.05, 4.69) is 0 Å². The van der Waals surface area contributed by atoms with E-state index < -0.39 is 13.2 Å². The van der Waals surface area contributed by atoms with Crippen molar-refractivity contribution < 1.29 is 32.4 Å². The Kier molecular flexibility index (Phi) is 10.9. The van der Waals surface area contributed by atoms with Crippen LogP contribution in [0.4, 0.5) is 0 Å². The molecule has 0 spiro atoms. The van der Waals surface area contributed by atoms with Gasteiger partial charge < -0.3 is 9.47 Å². The Morgan fingerprint density at radius 1 is 0.909 bits per heavy atom. The summed E-state index contributed by atoms with van der Waals surface area (Å²) in [5, 5.41) is 0. The second-order valence-corrected chi connectivity index (χ2v) is 6.77. The van der Waals surface area contributed by atoms with E-state index in [1.807, 2.05) is 20.8 Å². The second kappa shape index (κ2) is 11.1. The molecule has 0 N–H and O–H groups in total. The minimum absolute atomic E-state index is 0.0751. The molecule has 0 saturated heterocycles. The lowest BCUT2D eigenvalue weighted by Gasteiger charge is -2.20. The zero-order chi connectivity index (χ0) is 17.1. The maximum absolute atomic E-state index is 11.9. The van der Waals surface area contributed by atoms with Gasteiger partial charge in [-0.3, -0.25) is 18.4 Å². The first-order valence-corrected chi connectivity index (χ1v) is 9.06. The summed E-state index contributed by atoms with van der Waals surface area (Å²) in [6, 6.07) is 0. The van der Waals surface area contributed by atoms with Crippen LogP contribution in [0.3, 0.4) is 0 Å². The van der Waals surface area contributed by atoms with Crippen molar-refractivity contribution in [3.63, 3.8) is 0 Å². The third-order valence-corrected chi connectivity index (χ3v) is 4.60. The van der Waals surface area contributed by atoms with Crippen LogP contribution >= 0.6 is 7.82 Å². The van der Waals surface area contributed by atoms with Gasteiger partial charge in [-0.25, -0.2) is 4.57 Å². The average molecular weight is 340 g/mol. The highest BCUT2D eigenvalue weighted by molar-refractivity contribution is 7.48. The molecule has 0 bridgehead atoms. The Hall–Kier alpha value is -0.460. The SMILES string of the molecule is CCOP(=O)(OCC)OCCOCCOC(=O)C(C)(C)CC. The molecule has 8 heteroatoms. The van der Waals surface area contributed by atoms with Crippen molar-refractivity contribution in [1.29, 1.82) is 0 Å². The van der Waals surface area contributed by atoms with Crippen molar-refractivity contribution in [2.24, 2.45) is 5.41 Å². The van der Waals surface area contributed by atoms with Crippen LogP contribution in [0.1, 0.15) is 41.0 Å². The van der Waals surface area contributed by atoms with Crippen LogP contribution < -0.4 is 0 Å². The van der Waals surface area contributed by atoms with Gasteiger partial charge in [-0.15, -0.1) is 0 Å². The summed E-state index contributed by atoms with van der Waals surface area (Å²) in [5.74, 6) is -0.243. The first-order valence-electron chi connectivity index (χ1n) is 7.60. The molecule has 0 atom stereocenters. The van der Waals surface area contributed by atoms with Gasteiger partial charge in [0.15, 0.2) is 0 Å². The van der Waals surface area contributed by atoms with Crippen molar-refractivity contribution >= 4 is 13.8 Å². The number of hydrogen-bond acceptors (Lipinski definition) is 7. The number of hydrogen-bond donors (Lipinski definition) is 0. The summed E-state index contributed by atoms with van der Waals surface area (Å²) in [4.78, 5) is 11.7. The highest BCUT2D eigenvalue weighted by atomic mass is 31.2. The van der Waals surface area contributed by atoms with Crippen molar-refractivity contribution in [3.8, 4) is 0 Å². The lowest BCUT2D eigenvalue weighted by atomic mass is 9.91. The number of carbonyl (C=O) groups is 1. The van der Waals surface area contributed by atoms with Gasteiger partial charge in [-0.05, 0) is 34.1 Å². The molecule has 22 heavy (non-hydrogen) atoms. The monoisotopic (exact) mass is 340 g/mol. The topological polar surface area (TPSA) is 80.3 Å². The smallest absolute Gasteiger partial charge is 0.463 e. The van der Waals surface area contributed by atoms with Gasteiger partial charge in [0.05, 0.1) is 38.4 Å². The molecule has 0 aliphatic heterocycles. The molecule has 0 aliphatic rings. The maximum atomic E-state index is 11.9. The fraction of sp³-hybridized carbons (Fsp3) is 0.929. The van der Waals surface area contributed by atoms with E-state index in [1.165, 1.54) is 0 Å². The van der Waals surface area contributed by atoms with Gasteiger partial charge in [0.2, 0.25) is 0 Å². The molecule has 0 aromatic rings. The fourth-order valence-corrected chi connectivity index (χ4v) is 2.43. The van der Waals surface area contributed by atoms with E-state index in [1.54, 1.807) is 13.8 Å². The van der Waals surface area contributed by atoms with Crippen LogP contribution in [-0.4, -0.2) is 45.6 Å². The van der Waals surface area contributed by atoms with Gasteiger partial charge >= 0.3 is 13.8 Å². The molecule has 0 saturated carbocycles. The summed E-state index contributed by atoms with van der Waals surface area (Å²) in [6.45, 7) is 10.2. The molecule has 0 aromatic carbocycles. The Balaban J connectivity index is 3.77. The molecule has 0 radical (unpaired) electrons. The fourth-order valence-electron chi connectivity index (χ4n) is 1.27. The summed E-state index contributed by atoms with van der Waals surface area (Å²) in [7, 11) is -3.48. The number of esters is 1. The normalized spacial score (nSPS) is 12.4. The van der Waals surface area contributed by atoms with E-state index >= 15 is 0 Å². The Morgan fingerprint density at radius 2 is 1.45 bits per heavy atom. The lowest BCUT2D eigenvalue weighted by Crippen LogP contribution is -2.27. The number of phosphoric ester groups is 1. The molecular weight excluding hydrogens is 311 g/mol. The molecular formula is C14H29O7P. The maximum Gasteiger partial charge on any atom is 0.474 e. The van der Waals surface area contributed by atoms with Gasteiger partial charge in [-0.1, -0.05) is 6.92 Å². The summed E-state index contributed by atoms with van der Waals surface area (Å²) in [5.41, 5.74) is -0.481. The summed E-state index contributed by atoms with van der Waals surface area (Å²) < 4.78 is 37.3. The Bertz CT molecular complexity index is 347. The first-order chi connectivity index (χ1) is 10.3. The van der Waals surface area contributed by atoms with E-state index in [9.17, 15) is 9.36 Å². The van der Waals surface area contributed by atoms with Crippen LogP contribution in [0.15, 0.2) is 0 Å². The predicted octanol–water partition coefficient (Wildman–Crippen LogP) is 3.18. The van der Waals surface area contributed by atoms with Crippen LogP contribution in [-0.2, 0) is 32.4 Å². The molecule has 0 aliphatic carbocycles. The van der Waals surface area contributed by atoms with E-state index in [0.717, 1.165) is 0 Å². The van der Waals surface area contributed by atoms with E-state index in [0.29, 0.717) is 6.42 Å². The largest absolute Gasteiger partial charge is 0.474 e. The van der Waals surface area contributed by atoms with Crippen molar-refractivity contribution in [3.05, 3.63) is 0 Å². The van der Waals surface area contributed by atoms with E-state index in [4.69, 9.17) is 23.0 Å². The first kappa shape index (κ1) is 21.5. The van der Waals surface area contributed by atoms with Gasteiger partial charge in [-0.2, -0.15) is 0 Å². The molecule has 0 fully saturated rings. The number of carbonyl (C=O) groups excluding carboxylic acids is 1. The summed E-state index contributed by atoms with van der Waals surface area (Å²) in [6.07, 6.45) is 0.713. The number of rotatable bonds is 13. The molecule has 0 unspecified atom stereocenters. The van der Waals surface area contributed by atoms with Crippen LogP contribution in [0, 0.1) is 5.41 Å². The van der Waals surface area contributed by atoms with Gasteiger partial charge in [0, 0.05) is 0 Å². The molecule has 132 valence electrons. The highest BCUT2D eigenvalue weighted by Crippen LogP contribution is 2.48. The van der Waals surface area contributed by atoms with Crippen molar-refractivity contribution in [1.82, 2.24) is 0 Å². The summed E-state index contributed by atoms with van der Waals surface area (Å²) >= 11 is 0. The van der Waals surface area contributed by atoms with Crippen LogP contribution in [0.2, 0.25) is 0 Å². The minimum Gasteiger partial charge on any atom is -0.463 e. The van der Waals surface area contributed by atoms with Gasteiger partial charge in [0.1, 0.15) is 6.61 Å². The minimum atomic E-state index is -3.48. The number of ether oxygens (including phenoxy) is 2. The third-order valence-electron chi connectivity index (χ3n) is 2.95. The van der Waals surface area contributed by atoms with Crippen LogP contribution in [0.25, 0.3) is 0 Å². The van der Waals surface area contributed by atoms with Crippen molar-refractivity contribution in [2.45, 2.75) is 41.0 Å². The Labute approximate surface area is 133 Å². The Morgan fingerprint density at radius 3 is 1.95 bits per heavy atom. The third kappa shape index (κ3) is 8.86. The molecule has 0 amide bonds. The second-order valence-electron chi connectivity index (χ2n) is 5.10. The number of phosphoric acid groups is 1. The average Bonchev–Trinajstić information content (AvgIpc) is 2.46. The highest BCUT2D eigenvalue weighted by Gasteiger charge is 2.27. The molecule has 0 heterocycles. The van der Waals surface area contributed by atoms with Crippen molar-refractivity contribution in [2.75, 3.05) is 39.6 Å². The van der Waals surface area contributed by atoms with Gasteiger partial charge in [0.25, 0.3) is 0 Å². The van der Waals surface area contributed by atoms with E-state index in [-0.39, 0.29) is 45.6 Å². The molecule has 0 aromatic heterocycles.